The van der Waals surface area contributed by atoms with Gasteiger partial charge in [0, 0.05) is 0 Å². The van der Waals surface area contributed by atoms with Crippen LogP contribution in [-0.2, 0) is 14.1 Å². The minimum Gasteiger partial charge on any atom is -0.404 e. The van der Waals surface area contributed by atoms with Crippen LogP contribution in [0, 0.1) is 17.3 Å². The van der Waals surface area contributed by atoms with E-state index in [-0.39, 0.29) is 29.6 Å². The van der Waals surface area contributed by atoms with E-state index in [1.54, 1.807) is 0 Å². The number of carbonyl (C=O) groups is 1. The Kier molecular flexibility index (Phi) is 4.56. The molecule has 5 atom stereocenters. The molecule has 2 bridgehead atoms. The zero-order valence-corrected chi connectivity index (χ0v) is 16.4. The maximum atomic E-state index is 12.4. The maximum absolute atomic E-state index is 12.4. The number of thioether (sulfide) groups is 1. The Morgan fingerprint density at radius 1 is 1.42 bits per heavy atom. The number of aliphatic hydroxyl groups excluding tert-OH is 1. The molecule has 0 spiro atoms. The molecule has 1 amide bonds. The zero-order valence-electron chi connectivity index (χ0n) is 15.6. The van der Waals surface area contributed by atoms with Crippen LogP contribution in [-0.4, -0.2) is 53.4 Å². The monoisotopic (exact) mass is 355 g/mol. The van der Waals surface area contributed by atoms with E-state index in [0.29, 0.717) is 11.8 Å². The third kappa shape index (κ3) is 2.63. The van der Waals surface area contributed by atoms with E-state index in [1.807, 2.05) is 20.1 Å². The fourth-order valence-corrected chi connectivity index (χ4v) is 4.95. The van der Waals surface area contributed by atoms with Gasteiger partial charge in [-0.1, -0.05) is 13.8 Å². The van der Waals surface area contributed by atoms with Crippen molar-refractivity contribution < 1.29 is 19.2 Å². The van der Waals surface area contributed by atoms with Crippen molar-refractivity contribution in [3.05, 3.63) is 0 Å². The summed E-state index contributed by atoms with van der Waals surface area (Å²) in [6.07, 6.45) is 4.14. The molecule has 0 aromatic heterocycles. The Morgan fingerprint density at radius 2 is 2.08 bits per heavy atom. The Balaban J connectivity index is 1.71. The molecule has 3 saturated carbocycles. The van der Waals surface area contributed by atoms with Crippen molar-refractivity contribution in [2.45, 2.75) is 69.9 Å². The first-order chi connectivity index (χ1) is 11.1. The average Bonchev–Trinajstić information content (AvgIpc) is 2.88. The van der Waals surface area contributed by atoms with Crippen LogP contribution in [0.5, 0.6) is 0 Å². The largest absolute Gasteiger partial charge is 0.484 e. The van der Waals surface area contributed by atoms with Gasteiger partial charge in [-0.15, -0.1) is 11.8 Å². The smallest absolute Gasteiger partial charge is 0.404 e. The minimum atomic E-state index is -0.582. The highest BCUT2D eigenvalue weighted by atomic mass is 32.2. The van der Waals surface area contributed by atoms with Gasteiger partial charge in [0.25, 0.3) is 0 Å². The van der Waals surface area contributed by atoms with E-state index in [4.69, 9.17) is 9.31 Å². The van der Waals surface area contributed by atoms with Crippen LogP contribution >= 0.6 is 11.8 Å². The lowest BCUT2D eigenvalue weighted by atomic mass is 9.43. The van der Waals surface area contributed by atoms with Crippen molar-refractivity contribution in [3.8, 4) is 0 Å². The summed E-state index contributed by atoms with van der Waals surface area (Å²) in [7, 11) is -0.582. The van der Waals surface area contributed by atoms with E-state index in [9.17, 15) is 9.90 Å². The lowest BCUT2D eigenvalue weighted by Gasteiger charge is -2.64. The quantitative estimate of drug-likeness (QED) is 0.737. The van der Waals surface area contributed by atoms with Crippen molar-refractivity contribution >= 4 is 24.8 Å². The molecule has 24 heavy (non-hydrogen) atoms. The highest BCUT2D eigenvalue weighted by Crippen LogP contribution is 2.65. The second-order valence-corrected chi connectivity index (χ2v) is 10.2. The molecule has 1 heterocycles. The second kappa shape index (κ2) is 5.90. The van der Waals surface area contributed by atoms with Crippen molar-refractivity contribution in [2.24, 2.45) is 17.3 Å². The van der Waals surface area contributed by atoms with Crippen LogP contribution in [0.4, 0.5) is 0 Å². The molecule has 4 rings (SSSR count). The fourth-order valence-electron chi connectivity index (χ4n) is 4.71. The molecule has 1 saturated heterocycles. The standard InChI is InChI=1S/C17H30BNO4S/c1-15(2)10-7-11(15)17(5)12(8-10)22-18(23-17)13(9-20)19-14(21)16(3,4)24-6/h10-13,20H,7-9H2,1-6H3,(H,19,21)/t10-,11-,12+,13-,17-/m0/s1. The van der Waals surface area contributed by atoms with E-state index in [1.165, 1.54) is 18.2 Å². The summed E-state index contributed by atoms with van der Waals surface area (Å²) >= 11 is 1.48. The number of aliphatic hydroxyl groups is 1. The van der Waals surface area contributed by atoms with Gasteiger partial charge in [0.05, 0.1) is 29.0 Å². The number of amides is 1. The van der Waals surface area contributed by atoms with Gasteiger partial charge in [-0.2, -0.15) is 0 Å². The molecular weight excluding hydrogens is 325 g/mol. The number of rotatable bonds is 5. The van der Waals surface area contributed by atoms with Crippen LogP contribution in [0.2, 0.25) is 0 Å². The average molecular weight is 355 g/mol. The van der Waals surface area contributed by atoms with E-state index in [0.717, 1.165) is 6.42 Å². The maximum Gasteiger partial charge on any atom is 0.484 e. The lowest BCUT2D eigenvalue weighted by molar-refractivity contribution is -0.199. The molecule has 7 heteroatoms. The van der Waals surface area contributed by atoms with Crippen LogP contribution < -0.4 is 5.32 Å². The molecule has 0 radical (unpaired) electrons. The van der Waals surface area contributed by atoms with Gasteiger partial charge in [0.1, 0.15) is 0 Å². The Hall–Kier alpha value is -0.235. The molecule has 4 fully saturated rings. The molecular formula is C17H30BNO4S. The van der Waals surface area contributed by atoms with Gasteiger partial charge in [0.2, 0.25) is 5.91 Å². The van der Waals surface area contributed by atoms with Gasteiger partial charge in [-0.05, 0) is 57.1 Å². The number of carbonyl (C=O) groups excluding carboxylic acids is 1. The molecule has 0 aromatic rings. The van der Waals surface area contributed by atoms with E-state index in [2.05, 4.69) is 26.1 Å². The first-order valence-electron chi connectivity index (χ1n) is 8.86. The van der Waals surface area contributed by atoms with Crippen LogP contribution in [0.1, 0.15) is 47.5 Å². The second-order valence-electron chi connectivity index (χ2n) is 8.81. The summed E-state index contributed by atoms with van der Waals surface area (Å²) in [6, 6.07) is 0. The van der Waals surface area contributed by atoms with Crippen molar-refractivity contribution in [3.63, 3.8) is 0 Å². The summed E-state index contributed by atoms with van der Waals surface area (Å²) in [5, 5.41) is 12.7. The van der Waals surface area contributed by atoms with Crippen molar-refractivity contribution in [1.82, 2.24) is 5.32 Å². The molecule has 0 aromatic carbocycles. The number of hydrogen-bond donors (Lipinski definition) is 2. The highest BCUT2D eigenvalue weighted by molar-refractivity contribution is 8.00. The topological polar surface area (TPSA) is 67.8 Å². The Labute approximate surface area is 149 Å². The van der Waals surface area contributed by atoms with E-state index >= 15 is 0 Å². The van der Waals surface area contributed by atoms with Crippen LogP contribution in [0.25, 0.3) is 0 Å². The summed E-state index contributed by atoms with van der Waals surface area (Å²) in [5.41, 5.74) is -0.0433. The van der Waals surface area contributed by atoms with Gasteiger partial charge >= 0.3 is 7.12 Å². The summed E-state index contributed by atoms with van der Waals surface area (Å²) in [6.45, 7) is 10.3. The number of nitrogens with one attached hydrogen (secondary N) is 1. The van der Waals surface area contributed by atoms with Crippen molar-refractivity contribution in [2.75, 3.05) is 12.9 Å². The van der Waals surface area contributed by atoms with Gasteiger partial charge < -0.3 is 19.7 Å². The molecule has 0 unspecified atom stereocenters. The van der Waals surface area contributed by atoms with E-state index < -0.39 is 17.8 Å². The predicted molar refractivity (Wildman–Crippen MR) is 96.7 cm³/mol. The molecule has 136 valence electrons. The SMILES string of the molecule is CSC(C)(C)C(=O)N[C@@H](CO)B1O[C@@H]2C[C@@H]3C[C@@H](C3(C)C)[C@]2(C)O1. The molecule has 3 aliphatic carbocycles. The Bertz CT molecular complexity index is 529. The lowest BCUT2D eigenvalue weighted by Crippen LogP contribution is -2.65. The summed E-state index contributed by atoms with van der Waals surface area (Å²) in [4.78, 5) is 12.4. The highest BCUT2D eigenvalue weighted by Gasteiger charge is 2.68. The third-order valence-electron chi connectivity index (χ3n) is 6.87. The van der Waals surface area contributed by atoms with Crippen molar-refractivity contribution in [1.29, 1.82) is 0 Å². The fraction of sp³-hybridized carbons (Fsp3) is 0.941. The summed E-state index contributed by atoms with van der Waals surface area (Å²) < 4.78 is 11.9. The summed E-state index contributed by atoms with van der Waals surface area (Å²) in [5.74, 6) is 0.509. The Morgan fingerprint density at radius 3 is 2.62 bits per heavy atom. The molecule has 4 aliphatic rings. The third-order valence-corrected chi connectivity index (χ3v) is 8.07. The van der Waals surface area contributed by atoms with Crippen LogP contribution in [0.3, 0.4) is 0 Å². The number of hydrogen-bond acceptors (Lipinski definition) is 5. The normalized spacial score (nSPS) is 38.3. The van der Waals surface area contributed by atoms with Gasteiger partial charge in [-0.25, -0.2) is 0 Å². The predicted octanol–water partition coefficient (Wildman–Crippen LogP) is 1.87. The molecule has 5 nitrogen and oxygen atoms in total. The van der Waals surface area contributed by atoms with Gasteiger partial charge in [0.15, 0.2) is 0 Å². The first kappa shape index (κ1) is 18.6. The minimum absolute atomic E-state index is 0.0544. The first-order valence-corrected chi connectivity index (χ1v) is 10.1. The molecule has 1 aliphatic heterocycles. The van der Waals surface area contributed by atoms with Gasteiger partial charge in [-0.3, -0.25) is 4.79 Å². The molecule has 2 N–H and O–H groups in total. The van der Waals surface area contributed by atoms with Crippen LogP contribution in [0.15, 0.2) is 0 Å². The zero-order chi connectivity index (χ0) is 17.9.